The third-order valence-electron chi connectivity index (χ3n) is 4.55. The Morgan fingerprint density at radius 1 is 1.07 bits per heavy atom. The van der Waals surface area contributed by atoms with E-state index in [0.29, 0.717) is 18.8 Å². The van der Waals surface area contributed by atoms with Gasteiger partial charge in [0.15, 0.2) is 5.69 Å². The Labute approximate surface area is 167 Å². The third kappa shape index (κ3) is 4.40. The zero-order valence-corrected chi connectivity index (χ0v) is 16.1. The van der Waals surface area contributed by atoms with Crippen LogP contribution >= 0.6 is 0 Å². The molecule has 2 heterocycles. The van der Waals surface area contributed by atoms with Gasteiger partial charge in [0.25, 0.3) is 5.91 Å². The first kappa shape index (κ1) is 20.0. The highest BCUT2D eigenvalue weighted by atomic mass is 16.4. The topological polar surface area (TPSA) is 117 Å². The molecular formula is C20H21N5O4. The molecule has 150 valence electrons. The van der Waals surface area contributed by atoms with Crippen LogP contribution in [-0.4, -0.2) is 55.4 Å². The molecule has 0 saturated carbocycles. The number of fused-ring (bicyclic) bond motifs is 1. The van der Waals surface area contributed by atoms with Crippen LogP contribution in [0.1, 0.15) is 34.8 Å². The van der Waals surface area contributed by atoms with E-state index in [2.05, 4.69) is 15.3 Å². The zero-order chi connectivity index (χ0) is 21.0. The summed E-state index contributed by atoms with van der Waals surface area (Å²) in [6.45, 7) is 5.48. The number of rotatable bonds is 7. The van der Waals surface area contributed by atoms with Crippen molar-refractivity contribution in [2.24, 2.45) is 0 Å². The number of aromatic nitrogens is 3. The number of amides is 2. The summed E-state index contributed by atoms with van der Waals surface area (Å²) < 4.78 is 1.87. The Morgan fingerprint density at radius 3 is 2.38 bits per heavy atom. The number of carbonyl (C=O) groups excluding carboxylic acids is 2. The molecule has 0 bridgehead atoms. The molecule has 3 aromatic rings. The van der Waals surface area contributed by atoms with Gasteiger partial charge in [-0.15, -0.1) is 0 Å². The number of carboxylic acids is 1. The first-order valence-corrected chi connectivity index (χ1v) is 9.16. The molecule has 9 heteroatoms. The first-order valence-electron chi connectivity index (χ1n) is 9.16. The standard InChI is InChI=1S/C20H21N5O4/c1-3-24(4-2)18(26)12-25-8-7-13-9-14(5-6-17(13)25)23-19(27)15-10-22-16(11-21-15)20(28)29/h5-11H,3-4,12H2,1-2H3,(H,23,27)(H,28,29). The van der Waals surface area contributed by atoms with Gasteiger partial charge in [-0.3, -0.25) is 9.59 Å². The van der Waals surface area contributed by atoms with Gasteiger partial charge >= 0.3 is 5.97 Å². The molecule has 2 aromatic heterocycles. The highest BCUT2D eigenvalue weighted by Crippen LogP contribution is 2.21. The number of likely N-dealkylation sites (N-methyl/N-ethyl adjacent to an activating group) is 1. The number of nitrogens with one attached hydrogen (secondary N) is 1. The molecule has 2 N–H and O–H groups in total. The van der Waals surface area contributed by atoms with Crippen LogP contribution < -0.4 is 5.32 Å². The van der Waals surface area contributed by atoms with E-state index in [-0.39, 0.29) is 23.8 Å². The Balaban J connectivity index is 1.74. The molecule has 0 radical (unpaired) electrons. The molecule has 1 aromatic carbocycles. The predicted octanol–water partition coefficient (Wildman–Crippen LogP) is 2.25. The number of carboxylic acid groups (broad SMARTS) is 1. The van der Waals surface area contributed by atoms with Crippen molar-refractivity contribution in [3.8, 4) is 0 Å². The minimum absolute atomic E-state index is 0.0116. The van der Waals surface area contributed by atoms with Crippen LogP contribution in [-0.2, 0) is 11.3 Å². The summed E-state index contributed by atoms with van der Waals surface area (Å²) in [6.07, 6.45) is 3.99. The third-order valence-corrected chi connectivity index (χ3v) is 4.55. The van der Waals surface area contributed by atoms with E-state index in [1.54, 1.807) is 17.0 Å². The normalized spacial score (nSPS) is 10.7. The van der Waals surface area contributed by atoms with Crippen molar-refractivity contribution in [1.82, 2.24) is 19.4 Å². The van der Waals surface area contributed by atoms with Crippen molar-refractivity contribution in [3.63, 3.8) is 0 Å². The molecule has 0 atom stereocenters. The number of carbonyl (C=O) groups is 3. The maximum absolute atomic E-state index is 12.4. The Kier molecular flexibility index (Phi) is 5.87. The smallest absolute Gasteiger partial charge is 0.356 e. The van der Waals surface area contributed by atoms with Gasteiger partial charge in [0.1, 0.15) is 12.2 Å². The van der Waals surface area contributed by atoms with Crippen LogP contribution in [0.3, 0.4) is 0 Å². The van der Waals surface area contributed by atoms with E-state index < -0.39 is 11.9 Å². The minimum Gasteiger partial charge on any atom is -0.476 e. The summed E-state index contributed by atoms with van der Waals surface area (Å²) >= 11 is 0. The average molecular weight is 395 g/mol. The number of aromatic carboxylic acids is 1. The van der Waals surface area contributed by atoms with Gasteiger partial charge in [-0.05, 0) is 38.1 Å². The molecule has 0 aliphatic heterocycles. The summed E-state index contributed by atoms with van der Waals surface area (Å²) in [5.41, 5.74) is 1.22. The largest absolute Gasteiger partial charge is 0.476 e. The SMILES string of the molecule is CCN(CC)C(=O)Cn1ccc2cc(NC(=O)c3cnc(C(=O)O)cn3)ccc21. The lowest BCUT2D eigenvalue weighted by Gasteiger charge is -2.19. The molecule has 3 rings (SSSR count). The number of benzene rings is 1. The van der Waals surface area contributed by atoms with Crippen LogP contribution in [0.15, 0.2) is 42.9 Å². The predicted molar refractivity (Wildman–Crippen MR) is 107 cm³/mol. The van der Waals surface area contributed by atoms with Crippen LogP contribution in [0.4, 0.5) is 5.69 Å². The summed E-state index contributed by atoms with van der Waals surface area (Å²) in [5, 5.41) is 12.4. The van der Waals surface area contributed by atoms with Crippen molar-refractivity contribution in [2.45, 2.75) is 20.4 Å². The lowest BCUT2D eigenvalue weighted by atomic mass is 10.2. The van der Waals surface area contributed by atoms with Crippen LogP contribution in [0.5, 0.6) is 0 Å². The van der Waals surface area contributed by atoms with Gasteiger partial charge in [-0.25, -0.2) is 14.8 Å². The van der Waals surface area contributed by atoms with Gasteiger partial charge in [0.05, 0.1) is 12.4 Å². The van der Waals surface area contributed by atoms with Crippen molar-refractivity contribution < 1.29 is 19.5 Å². The van der Waals surface area contributed by atoms with E-state index in [9.17, 15) is 14.4 Å². The van der Waals surface area contributed by atoms with Crippen molar-refractivity contribution in [1.29, 1.82) is 0 Å². The fraction of sp³-hybridized carbons (Fsp3) is 0.250. The highest BCUT2D eigenvalue weighted by molar-refractivity contribution is 6.03. The second-order valence-electron chi connectivity index (χ2n) is 6.33. The molecule has 0 saturated heterocycles. The second-order valence-corrected chi connectivity index (χ2v) is 6.33. The minimum atomic E-state index is -1.21. The van der Waals surface area contributed by atoms with Crippen LogP contribution in [0, 0.1) is 0 Å². The average Bonchev–Trinajstić information content (AvgIpc) is 3.11. The number of hydrogen-bond acceptors (Lipinski definition) is 5. The molecule has 0 unspecified atom stereocenters. The van der Waals surface area contributed by atoms with E-state index in [0.717, 1.165) is 23.3 Å². The molecule has 0 aliphatic carbocycles. The van der Waals surface area contributed by atoms with Gasteiger partial charge in [0, 0.05) is 35.9 Å². The molecule has 0 spiro atoms. The Morgan fingerprint density at radius 2 is 1.76 bits per heavy atom. The first-order chi connectivity index (χ1) is 13.9. The number of anilines is 1. The van der Waals surface area contributed by atoms with Gasteiger partial charge in [0.2, 0.25) is 5.91 Å². The quantitative estimate of drug-likeness (QED) is 0.634. The van der Waals surface area contributed by atoms with Crippen LogP contribution in [0.2, 0.25) is 0 Å². The van der Waals surface area contributed by atoms with E-state index >= 15 is 0 Å². The van der Waals surface area contributed by atoms with Gasteiger partial charge < -0.3 is 19.9 Å². The molecule has 0 aliphatic rings. The Hall–Kier alpha value is -3.75. The molecule has 2 amide bonds. The van der Waals surface area contributed by atoms with Gasteiger partial charge in [-0.1, -0.05) is 0 Å². The Bertz CT molecular complexity index is 1050. The van der Waals surface area contributed by atoms with Crippen LogP contribution in [0.25, 0.3) is 10.9 Å². The van der Waals surface area contributed by atoms with Crippen molar-refractivity contribution in [2.75, 3.05) is 18.4 Å². The summed E-state index contributed by atoms with van der Waals surface area (Å²) in [4.78, 5) is 44.8. The maximum Gasteiger partial charge on any atom is 0.356 e. The van der Waals surface area contributed by atoms with Crippen molar-refractivity contribution >= 4 is 34.4 Å². The summed E-state index contributed by atoms with van der Waals surface area (Å²) in [6, 6.07) is 7.24. The van der Waals surface area contributed by atoms with E-state index in [1.165, 1.54) is 0 Å². The highest BCUT2D eigenvalue weighted by Gasteiger charge is 2.14. The van der Waals surface area contributed by atoms with E-state index in [4.69, 9.17) is 5.11 Å². The fourth-order valence-corrected chi connectivity index (χ4v) is 2.99. The molecule has 9 nitrogen and oxygen atoms in total. The maximum atomic E-state index is 12.4. The summed E-state index contributed by atoms with van der Waals surface area (Å²) in [7, 11) is 0. The fourth-order valence-electron chi connectivity index (χ4n) is 2.99. The van der Waals surface area contributed by atoms with E-state index in [1.807, 2.05) is 36.7 Å². The second kappa shape index (κ2) is 8.51. The molecule has 29 heavy (non-hydrogen) atoms. The lowest BCUT2D eigenvalue weighted by Crippen LogP contribution is -2.33. The molecular weight excluding hydrogens is 374 g/mol. The zero-order valence-electron chi connectivity index (χ0n) is 16.1. The number of hydrogen-bond donors (Lipinski definition) is 2. The monoisotopic (exact) mass is 395 g/mol. The van der Waals surface area contributed by atoms with Crippen molar-refractivity contribution in [3.05, 3.63) is 54.2 Å². The molecule has 0 fully saturated rings. The summed E-state index contributed by atoms with van der Waals surface area (Å²) in [5.74, 6) is -1.66. The van der Waals surface area contributed by atoms with Gasteiger partial charge in [-0.2, -0.15) is 0 Å². The number of nitrogens with zero attached hydrogens (tertiary/aromatic N) is 4. The lowest BCUT2D eigenvalue weighted by molar-refractivity contribution is -0.131.